The predicted molar refractivity (Wildman–Crippen MR) is 47.4 cm³/mol. The molecule has 4 heteroatoms. The van der Waals surface area contributed by atoms with E-state index in [0.717, 1.165) is 12.2 Å². The first-order valence-corrected chi connectivity index (χ1v) is 3.68. The van der Waals surface area contributed by atoms with Gasteiger partial charge in [0, 0.05) is 24.5 Å². The lowest BCUT2D eigenvalue weighted by molar-refractivity contribution is 0.295. The first-order chi connectivity index (χ1) is 5.07. The maximum absolute atomic E-state index is 5.60. The van der Waals surface area contributed by atoms with Crippen LogP contribution in [0.25, 0.3) is 0 Å². The van der Waals surface area contributed by atoms with Crippen molar-refractivity contribution in [1.29, 1.82) is 0 Å². The summed E-state index contributed by atoms with van der Waals surface area (Å²) in [4.78, 5) is 2.13. The predicted octanol–water partition coefficient (Wildman–Crippen LogP) is -0.410. The second kappa shape index (κ2) is 4.98. The van der Waals surface area contributed by atoms with Gasteiger partial charge in [0.15, 0.2) is 0 Å². The smallest absolute Gasteiger partial charge is 0.0397 e. The van der Waals surface area contributed by atoms with Crippen LogP contribution in [0.2, 0.25) is 0 Å². The highest BCUT2D eigenvalue weighted by atomic mass is 15.2. The van der Waals surface area contributed by atoms with E-state index in [1.165, 1.54) is 0 Å². The van der Waals surface area contributed by atoms with Crippen molar-refractivity contribution in [3.63, 3.8) is 0 Å². The van der Waals surface area contributed by atoms with Gasteiger partial charge < -0.3 is 11.2 Å². The van der Waals surface area contributed by atoms with E-state index in [9.17, 15) is 0 Å². The Balaban J connectivity index is 3.75. The fourth-order valence-corrected chi connectivity index (χ4v) is 0.623. The van der Waals surface area contributed by atoms with Gasteiger partial charge in [-0.15, -0.1) is 0 Å². The topological polar surface area (TPSA) is 67.3 Å². The van der Waals surface area contributed by atoms with Crippen LogP contribution in [0.1, 0.15) is 13.8 Å². The van der Waals surface area contributed by atoms with Crippen molar-refractivity contribution in [2.75, 3.05) is 13.6 Å². The molecule has 0 saturated carbocycles. The summed E-state index contributed by atoms with van der Waals surface area (Å²) >= 11 is 0. The number of nitrogens with two attached hydrogens (primary N) is 2. The third kappa shape index (κ3) is 4.64. The summed E-state index contributed by atoms with van der Waals surface area (Å²) in [6.45, 7) is 4.97. The largest absolute Gasteiger partial charge is 0.400 e. The third-order valence-electron chi connectivity index (χ3n) is 1.58. The molecule has 0 amide bonds. The quantitative estimate of drug-likeness (QED) is 0.384. The molecule has 0 aromatic heterocycles. The van der Waals surface area contributed by atoms with Crippen LogP contribution in [0.15, 0.2) is 11.9 Å². The summed E-state index contributed by atoms with van der Waals surface area (Å²) in [5.41, 5.74) is 8.74. The van der Waals surface area contributed by atoms with Gasteiger partial charge in [0.05, 0.1) is 0 Å². The lowest BCUT2D eigenvalue weighted by Crippen LogP contribution is -2.31. The molecule has 11 heavy (non-hydrogen) atoms. The van der Waals surface area contributed by atoms with E-state index in [1.807, 2.05) is 7.05 Å². The van der Waals surface area contributed by atoms with Crippen molar-refractivity contribution in [3.05, 3.63) is 11.9 Å². The van der Waals surface area contributed by atoms with Gasteiger partial charge in [-0.3, -0.25) is 10.7 Å². The van der Waals surface area contributed by atoms with Crippen LogP contribution in [0.4, 0.5) is 0 Å². The van der Waals surface area contributed by atoms with Crippen molar-refractivity contribution in [1.82, 2.24) is 10.3 Å². The molecule has 0 heterocycles. The minimum Gasteiger partial charge on any atom is -0.400 e. The molecule has 0 atom stereocenters. The summed E-state index contributed by atoms with van der Waals surface area (Å²) in [5, 5.41) is 0. The Labute approximate surface area is 68.2 Å². The minimum absolute atomic E-state index is 0.500. The van der Waals surface area contributed by atoms with Crippen molar-refractivity contribution in [3.8, 4) is 0 Å². The molecule has 0 aliphatic rings. The molecule has 0 aliphatic heterocycles. The van der Waals surface area contributed by atoms with E-state index in [-0.39, 0.29) is 0 Å². The molecule has 0 aromatic carbocycles. The number of hydrogen-bond donors (Lipinski definition) is 3. The highest BCUT2D eigenvalue weighted by molar-refractivity contribution is 4.96. The van der Waals surface area contributed by atoms with Gasteiger partial charge in [0.1, 0.15) is 0 Å². The van der Waals surface area contributed by atoms with Gasteiger partial charge in [-0.2, -0.15) is 0 Å². The Bertz CT molecular complexity index is 130. The summed E-state index contributed by atoms with van der Waals surface area (Å²) in [6, 6.07) is 0.500. The summed E-state index contributed by atoms with van der Waals surface area (Å²) in [5.74, 6) is 5.06. The summed E-state index contributed by atoms with van der Waals surface area (Å²) in [6.07, 6.45) is 1.60. The maximum atomic E-state index is 5.60. The molecule has 4 nitrogen and oxygen atoms in total. The molecule has 0 spiro atoms. The number of nitrogens with zero attached hydrogens (tertiary/aromatic N) is 1. The zero-order valence-electron chi connectivity index (χ0n) is 7.46. The summed E-state index contributed by atoms with van der Waals surface area (Å²) < 4.78 is 0. The molecule has 0 fully saturated rings. The monoisotopic (exact) mass is 158 g/mol. The Morgan fingerprint density at radius 2 is 2.18 bits per heavy atom. The molecule has 66 valence electrons. The number of rotatable bonds is 4. The zero-order chi connectivity index (χ0) is 8.85. The molecule has 0 radical (unpaired) electrons. The maximum Gasteiger partial charge on any atom is 0.0397 e. The SMILES string of the molecule is CC(C)N(C)C/C(N)=C/NN. The van der Waals surface area contributed by atoms with Gasteiger partial charge in [0.25, 0.3) is 0 Å². The fourth-order valence-electron chi connectivity index (χ4n) is 0.623. The van der Waals surface area contributed by atoms with Crippen molar-refractivity contribution >= 4 is 0 Å². The van der Waals surface area contributed by atoms with E-state index in [2.05, 4.69) is 24.2 Å². The van der Waals surface area contributed by atoms with Gasteiger partial charge in [0.2, 0.25) is 0 Å². The average Bonchev–Trinajstić information content (AvgIpc) is 1.87. The van der Waals surface area contributed by atoms with Gasteiger partial charge in [-0.1, -0.05) is 0 Å². The van der Waals surface area contributed by atoms with E-state index in [0.29, 0.717) is 6.04 Å². The lowest BCUT2D eigenvalue weighted by Gasteiger charge is -2.20. The second-order valence-corrected chi connectivity index (χ2v) is 2.89. The van der Waals surface area contributed by atoms with E-state index in [1.54, 1.807) is 6.20 Å². The zero-order valence-corrected chi connectivity index (χ0v) is 7.46. The Hall–Kier alpha value is -0.740. The molecule has 0 aliphatic carbocycles. The van der Waals surface area contributed by atoms with Crippen LogP contribution < -0.4 is 17.0 Å². The Morgan fingerprint density at radius 1 is 1.64 bits per heavy atom. The minimum atomic E-state index is 0.500. The fraction of sp³-hybridized carbons (Fsp3) is 0.714. The molecule has 0 rings (SSSR count). The van der Waals surface area contributed by atoms with Crippen LogP contribution in [-0.4, -0.2) is 24.5 Å². The molecule has 0 aromatic rings. The van der Waals surface area contributed by atoms with E-state index < -0.39 is 0 Å². The van der Waals surface area contributed by atoms with Crippen molar-refractivity contribution in [2.24, 2.45) is 11.6 Å². The number of likely N-dealkylation sites (N-methyl/N-ethyl adjacent to an activating group) is 1. The van der Waals surface area contributed by atoms with Crippen molar-refractivity contribution < 1.29 is 0 Å². The van der Waals surface area contributed by atoms with Crippen LogP contribution in [0.5, 0.6) is 0 Å². The van der Waals surface area contributed by atoms with Crippen LogP contribution >= 0.6 is 0 Å². The van der Waals surface area contributed by atoms with Crippen LogP contribution in [0, 0.1) is 0 Å². The van der Waals surface area contributed by atoms with Gasteiger partial charge >= 0.3 is 0 Å². The molecule has 0 bridgehead atoms. The first-order valence-electron chi connectivity index (χ1n) is 3.68. The van der Waals surface area contributed by atoms with Gasteiger partial charge in [-0.05, 0) is 20.9 Å². The number of hydrazine groups is 1. The Kier molecular flexibility index (Phi) is 4.65. The van der Waals surface area contributed by atoms with Gasteiger partial charge in [-0.25, -0.2) is 0 Å². The van der Waals surface area contributed by atoms with Crippen molar-refractivity contribution in [2.45, 2.75) is 19.9 Å². The molecule has 0 saturated heterocycles. The molecular formula is C7H18N4. The number of hydrogen-bond acceptors (Lipinski definition) is 4. The highest BCUT2D eigenvalue weighted by Crippen LogP contribution is 1.95. The molecule has 5 N–H and O–H groups in total. The molecular weight excluding hydrogens is 140 g/mol. The average molecular weight is 158 g/mol. The second-order valence-electron chi connectivity index (χ2n) is 2.89. The number of nitrogens with one attached hydrogen (secondary N) is 1. The van der Waals surface area contributed by atoms with E-state index in [4.69, 9.17) is 11.6 Å². The standard InChI is InChI=1S/C7H18N4/c1-6(2)11(3)5-7(8)4-10-9/h4,6,10H,5,8-9H2,1-3H3/b7-4-. The third-order valence-corrected chi connectivity index (χ3v) is 1.58. The van der Waals surface area contributed by atoms with E-state index >= 15 is 0 Å². The first kappa shape index (κ1) is 10.3. The summed E-state index contributed by atoms with van der Waals surface area (Å²) in [7, 11) is 2.02. The highest BCUT2D eigenvalue weighted by Gasteiger charge is 2.02. The normalized spacial score (nSPS) is 12.7. The molecule has 0 unspecified atom stereocenters. The lowest BCUT2D eigenvalue weighted by atomic mass is 10.3. The Morgan fingerprint density at radius 3 is 2.55 bits per heavy atom. The van der Waals surface area contributed by atoms with Crippen LogP contribution in [-0.2, 0) is 0 Å². The van der Waals surface area contributed by atoms with Crippen LogP contribution in [0.3, 0.4) is 0 Å².